The van der Waals surface area contributed by atoms with Gasteiger partial charge in [0.2, 0.25) is 0 Å². The number of hydrogen-bond donors (Lipinski definition) is 0. The molecule has 2 aromatic carbocycles. The number of rotatable bonds is 6. The molecule has 0 radical (unpaired) electrons. The molecule has 1 heterocycles. The quantitative estimate of drug-likeness (QED) is 0.189. The van der Waals surface area contributed by atoms with Gasteiger partial charge in [-0.15, -0.1) is 0 Å². The maximum absolute atomic E-state index is 13.9. The van der Waals surface area contributed by atoms with Gasteiger partial charge in [-0.2, -0.15) is 34.8 Å². The number of benzene rings is 2. The summed E-state index contributed by atoms with van der Waals surface area (Å²) in [5, 5.41) is -1.95. The van der Waals surface area contributed by atoms with Gasteiger partial charge < -0.3 is 14.0 Å². The minimum Gasteiger partial charge on any atom is -0.748 e. The molecule has 18 heteroatoms. The highest BCUT2D eigenvalue weighted by Crippen LogP contribution is 2.61. The Morgan fingerprint density at radius 3 is 1.89 bits per heavy atom. The second-order valence-electron chi connectivity index (χ2n) is 12.6. The maximum atomic E-state index is 13.9. The van der Waals surface area contributed by atoms with E-state index in [1.165, 1.54) is 0 Å². The van der Waals surface area contributed by atoms with Crippen molar-refractivity contribution in [2.24, 2.45) is 23.7 Å². The van der Waals surface area contributed by atoms with E-state index in [1.807, 2.05) is 36.4 Å². The molecule has 5 aliphatic carbocycles. The van der Waals surface area contributed by atoms with Crippen molar-refractivity contribution in [2.45, 2.75) is 60.1 Å². The number of carbonyl (C=O) groups excluding carboxylic acids is 2. The minimum atomic E-state index is -6.65. The smallest absolute Gasteiger partial charge is 0.438 e. The molecule has 4 bridgehead atoms. The van der Waals surface area contributed by atoms with E-state index in [1.54, 1.807) is 12.1 Å². The van der Waals surface area contributed by atoms with Crippen molar-refractivity contribution in [2.75, 3.05) is 5.75 Å². The van der Waals surface area contributed by atoms with Gasteiger partial charge in [0.05, 0.1) is 27.7 Å². The first-order valence-electron chi connectivity index (χ1n) is 14.4. The van der Waals surface area contributed by atoms with Crippen molar-refractivity contribution in [3.05, 3.63) is 70.8 Å². The molecule has 7 unspecified atom stereocenters. The van der Waals surface area contributed by atoms with Crippen molar-refractivity contribution < 1.29 is 71.0 Å². The predicted octanol–water partition coefficient (Wildman–Crippen LogP) is 3.51. The number of hydrogen-bond acceptors (Lipinski definition) is 10. The fourth-order valence-electron chi connectivity index (χ4n) is 8.50. The average Bonchev–Trinajstić information content (AvgIpc) is 3.58. The van der Waals surface area contributed by atoms with Gasteiger partial charge in [-0.05, 0) is 35.1 Å². The second kappa shape index (κ2) is 10.1. The zero-order valence-corrected chi connectivity index (χ0v) is 25.2. The van der Waals surface area contributed by atoms with E-state index in [4.69, 9.17) is 8.92 Å². The molecule has 2 aromatic rings. The van der Waals surface area contributed by atoms with Crippen LogP contribution in [-0.2, 0) is 43.5 Å². The Morgan fingerprint density at radius 1 is 0.851 bits per heavy atom. The van der Waals surface area contributed by atoms with E-state index < -0.39 is 103 Å². The summed E-state index contributed by atoms with van der Waals surface area (Å²) in [6.07, 6.45) is -16.2. The molecular formula is C29H23F6O10S2-. The van der Waals surface area contributed by atoms with Gasteiger partial charge in [0.25, 0.3) is 10.1 Å². The topological polar surface area (TPSA) is 153 Å². The van der Waals surface area contributed by atoms with Crippen LogP contribution in [0.1, 0.15) is 46.9 Å². The largest absolute Gasteiger partial charge is 0.748 e. The highest BCUT2D eigenvalue weighted by molar-refractivity contribution is 7.87. The van der Waals surface area contributed by atoms with Gasteiger partial charge in [-0.25, -0.2) is 8.42 Å². The third-order valence-electron chi connectivity index (χ3n) is 10.2. The molecule has 7 atom stereocenters. The van der Waals surface area contributed by atoms with E-state index in [0.29, 0.717) is 6.42 Å². The first-order valence-corrected chi connectivity index (χ1v) is 17.4. The van der Waals surface area contributed by atoms with Crippen LogP contribution in [0.3, 0.4) is 0 Å². The normalized spacial score (nSPS) is 33.3. The van der Waals surface area contributed by atoms with Crippen LogP contribution in [0.2, 0.25) is 0 Å². The highest BCUT2D eigenvalue weighted by Gasteiger charge is 2.77. The summed E-state index contributed by atoms with van der Waals surface area (Å²) >= 11 is 0. The van der Waals surface area contributed by atoms with Gasteiger partial charge >= 0.3 is 29.9 Å². The predicted molar refractivity (Wildman–Crippen MR) is 143 cm³/mol. The summed E-state index contributed by atoms with van der Waals surface area (Å²) < 4.78 is 158. The summed E-state index contributed by atoms with van der Waals surface area (Å²) in [5.74, 6) is -12.8. The van der Waals surface area contributed by atoms with Crippen LogP contribution < -0.4 is 0 Å². The Morgan fingerprint density at radius 2 is 1.38 bits per heavy atom. The van der Waals surface area contributed by atoms with Gasteiger partial charge in [0.1, 0.15) is 17.5 Å². The Labute approximate surface area is 263 Å². The number of alkyl halides is 6. The summed E-state index contributed by atoms with van der Waals surface area (Å²) in [5.41, 5.74) is -2.05. The van der Waals surface area contributed by atoms with Crippen molar-refractivity contribution >= 4 is 32.2 Å². The lowest BCUT2D eigenvalue weighted by Gasteiger charge is -2.45. The monoisotopic (exact) mass is 709 g/mol. The van der Waals surface area contributed by atoms with Crippen LogP contribution in [0.5, 0.6) is 0 Å². The van der Waals surface area contributed by atoms with Crippen molar-refractivity contribution in [3.8, 4) is 0 Å². The zero-order valence-electron chi connectivity index (χ0n) is 23.6. The van der Waals surface area contributed by atoms with Crippen molar-refractivity contribution in [1.29, 1.82) is 0 Å². The first-order chi connectivity index (χ1) is 21.8. The Hall–Kier alpha value is -3.22. The third-order valence-corrected chi connectivity index (χ3v) is 12.8. The maximum Gasteiger partial charge on any atom is 0.438 e. The summed E-state index contributed by atoms with van der Waals surface area (Å²) in [6.45, 7) is 0. The van der Waals surface area contributed by atoms with Crippen LogP contribution in [0.15, 0.2) is 48.5 Å². The van der Waals surface area contributed by atoms with Crippen molar-refractivity contribution in [3.63, 3.8) is 0 Å². The number of carbonyl (C=O) groups is 2. The molecule has 1 aliphatic heterocycles. The Bertz CT molecular complexity index is 1830. The Balaban J connectivity index is 1.21. The zero-order chi connectivity index (χ0) is 34.1. The van der Waals surface area contributed by atoms with Crippen LogP contribution in [-0.4, -0.2) is 74.5 Å². The molecule has 1 saturated heterocycles. The van der Waals surface area contributed by atoms with E-state index in [0.717, 1.165) is 22.3 Å². The van der Waals surface area contributed by atoms with Gasteiger partial charge in [-0.3, -0.25) is 13.8 Å². The van der Waals surface area contributed by atoms with E-state index in [2.05, 4.69) is 4.74 Å². The highest BCUT2D eigenvalue weighted by atomic mass is 32.2. The summed E-state index contributed by atoms with van der Waals surface area (Å²) in [7, 11) is -11.1. The molecule has 254 valence electrons. The molecule has 0 amide bonds. The van der Waals surface area contributed by atoms with Crippen LogP contribution in [0, 0.1) is 23.7 Å². The van der Waals surface area contributed by atoms with E-state index >= 15 is 0 Å². The molecule has 0 N–H and O–H groups in total. The molecule has 3 fully saturated rings. The van der Waals surface area contributed by atoms with Crippen LogP contribution >= 0.6 is 0 Å². The summed E-state index contributed by atoms with van der Waals surface area (Å²) in [4.78, 5) is 27.1. The van der Waals surface area contributed by atoms with Crippen LogP contribution in [0.4, 0.5) is 26.3 Å². The lowest BCUT2D eigenvalue weighted by atomic mass is 9.59. The van der Waals surface area contributed by atoms with Gasteiger partial charge in [0, 0.05) is 23.7 Å². The second-order valence-corrected chi connectivity index (χ2v) is 15.7. The fraction of sp³-hybridized carbons (Fsp3) is 0.517. The fourth-order valence-corrected chi connectivity index (χ4v) is 11.4. The number of esters is 2. The van der Waals surface area contributed by atoms with Gasteiger partial charge in [0.15, 0.2) is 0 Å². The Kier molecular flexibility index (Phi) is 6.98. The molecular weight excluding hydrogens is 686 g/mol. The summed E-state index contributed by atoms with van der Waals surface area (Å²) in [6, 6.07) is 14.9. The molecule has 8 rings (SSSR count). The van der Waals surface area contributed by atoms with Crippen molar-refractivity contribution in [1.82, 2.24) is 0 Å². The number of fused-ring (bicyclic) bond motifs is 2. The van der Waals surface area contributed by atoms with Crippen LogP contribution in [0.25, 0.3) is 0 Å². The molecule has 6 aliphatic rings. The van der Waals surface area contributed by atoms with E-state index in [9.17, 15) is 57.3 Å². The lowest BCUT2D eigenvalue weighted by Crippen LogP contribution is -2.64. The molecule has 2 saturated carbocycles. The van der Waals surface area contributed by atoms with Gasteiger partial charge in [-0.1, -0.05) is 48.5 Å². The molecule has 0 spiro atoms. The third kappa shape index (κ3) is 4.72. The lowest BCUT2D eigenvalue weighted by molar-refractivity contribution is -0.362. The molecule has 47 heavy (non-hydrogen) atoms. The minimum absolute atomic E-state index is 0.199. The molecule has 10 nitrogen and oxygen atoms in total. The molecule has 0 aromatic heterocycles. The standard InChI is InChI=1S/C29H24F6O10S2/c30-28(31,32)27(29(33,34)35,11-46(38,39)40)44-26(37)21-17-10-19-23(45-47(41,42)24(19)21)22(17)43-25(36)18-9-16-12-5-1-3-7-14(12)20(18)15-8-4-2-6-13(15)16/h1-8,16-24H,9-11H2,(H,38,39,40)/p-1. The number of halogens is 6. The first kappa shape index (κ1) is 32.3. The van der Waals surface area contributed by atoms with E-state index in [-0.39, 0.29) is 12.3 Å². The number of ether oxygens (including phenoxy) is 2. The average molecular weight is 710 g/mol. The SMILES string of the molecule is O=C(OC1C2CC3C1OS(=O)(=O)C3C2C(=O)OC(CS(=O)(=O)[O-])(C(F)(F)F)C(F)(F)F)C1CC2c3ccccc3C1c1ccccc12.